The quantitative estimate of drug-likeness (QED) is 0.644. The summed E-state index contributed by atoms with van der Waals surface area (Å²) in [6.45, 7) is 3.85. The first kappa shape index (κ1) is 19.1. The summed E-state index contributed by atoms with van der Waals surface area (Å²) in [6.07, 6.45) is 0.802. The van der Waals surface area contributed by atoms with Crippen molar-refractivity contribution in [2.45, 2.75) is 26.1 Å². The largest absolute Gasteiger partial charge is 0.494 e. The van der Waals surface area contributed by atoms with Crippen molar-refractivity contribution in [1.82, 2.24) is 20.4 Å². The van der Waals surface area contributed by atoms with Gasteiger partial charge in [-0.05, 0) is 54.4 Å². The highest BCUT2D eigenvalue weighted by atomic mass is 19.1. The zero-order chi connectivity index (χ0) is 20.2. The highest BCUT2D eigenvalue weighted by Crippen LogP contribution is 2.23. The Bertz CT molecular complexity index is 983. The van der Waals surface area contributed by atoms with Gasteiger partial charge in [-0.15, -0.1) is 0 Å². The van der Waals surface area contributed by atoms with E-state index in [-0.39, 0.29) is 17.9 Å². The van der Waals surface area contributed by atoms with Crippen LogP contribution in [0.5, 0.6) is 5.75 Å². The van der Waals surface area contributed by atoms with Crippen molar-refractivity contribution in [3.8, 4) is 17.0 Å². The standard InChI is InChI=1S/C22H23FN4O2/c1-2-11-29-18-9-3-15(4-10-18)13-24-21-14-25-22(28)20-12-19(26-27(20)21)16-5-7-17(23)8-6-16/h3-10,12,21,24H,2,11,13-14H2,1H3,(H,25,28)/t21-/m0/s1. The molecular formula is C22H23FN4O2. The lowest BCUT2D eigenvalue weighted by Gasteiger charge is -2.25. The minimum atomic E-state index is -0.305. The highest BCUT2D eigenvalue weighted by Gasteiger charge is 2.27. The molecule has 7 heteroatoms. The van der Waals surface area contributed by atoms with Gasteiger partial charge in [-0.3, -0.25) is 10.1 Å². The molecule has 1 aliphatic rings. The van der Waals surface area contributed by atoms with E-state index in [1.54, 1.807) is 22.9 Å². The third-order valence-corrected chi connectivity index (χ3v) is 4.80. The van der Waals surface area contributed by atoms with Crippen molar-refractivity contribution in [3.63, 3.8) is 0 Å². The molecule has 0 radical (unpaired) electrons. The molecule has 3 aromatic rings. The first-order chi connectivity index (χ1) is 14.1. The number of rotatable bonds is 7. The minimum absolute atomic E-state index is 0.165. The van der Waals surface area contributed by atoms with Crippen molar-refractivity contribution in [2.75, 3.05) is 13.2 Å². The number of nitrogens with zero attached hydrogens (tertiary/aromatic N) is 2. The van der Waals surface area contributed by atoms with Crippen LogP contribution < -0.4 is 15.4 Å². The molecule has 4 rings (SSSR count). The summed E-state index contributed by atoms with van der Waals surface area (Å²) in [7, 11) is 0. The maximum absolute atomic E-state index is 13.2. The Morgan fingerprint density at radius 2 is 1.97 bits per heavy atom. The minimum Gasteiger partial charge on any atom is -0.494 e. The summed E-state index contributed by atoms with van der Waals surface area (Å²) >= 11 is 0. The van der Waals surface area contributed by atoms with E-state index < -0.39 is 0 Å². The van der Waals surface area contributed by atoms with Crippen molar-refractivity contribution < 1.29 is 13.9 Å². The van der Waals surface area contributed by atoms with Gasteiger partial charge in [0.1, 0.15) is 23.4 Å². The molecular weight excluding hydrogens is 371 g/mol. The number of benzene rings is 2. The summed E-state index contributed by atoms with van der Waals surface area (Å²) in [5.74, 6) is 0.390. The topological polar surface area (TPSA) is 68.2 Å². The number of nitrogens with one attached hydrogen (secondary N) is 2. The average Bonchev–Trinajstić information content (AvgIpc) is 3.19. The molecule has 2 aromatic carbocycles. The van der Waals surface area contributed by atoms with Crippen LogP contribution in [0.15, 0.2) is 54.6 Å². The Morgan fingerprint density at radius 1 is 1.21 bits per heavy atom. The first-order valence-corrected chi connectivity index (χ1v) is 9.73. The number of fused-ring (bicyclic) bond motifs is 1. The second-order valence-electron chi connectivity index (χ2n) is 6.97. The fourth-order valence-corrected chi connectivity index (χ4v) is 3.25. The van der Waals surface area contributed by atoms with Gasteiger partial charge in [0.25, 0.3) is 5.91 Å². The lowest BCUT2D eigenvalue weighted by atomic mass is 10.1. The molecule has 0 saturated carbocycles. The zero-order valence-corrected chi connectivity index (χ0v) is 16.2. The number of hydrogen-bond acceptors (Lipinski definition) is 4. The van der Waals surface area contributed by atoms with Gasteiger partial charge in [0.05, 0.1) is 18.8 Å². The lowest BCUT2D eigenvalue weighted by Crippen LogP contribution is -2.45. The molecule has 0 unspecified atom stereocenters. The molecule has 1 atom stereocenters. The summed E-state index contributed by atoms with van der Waals surface area (Å²) in [5.41, 5.74) is 3.00. The SMILES string of the molecule is CCCOc1ccc(CN[C@@H]2CNC(=O)c3cc(-c4ccc(F)cc4)nn32)cc1. The van der Waals surface area contributed by atoms with Gasteiger partial charge in [-0.1, -0.05) is 19.1 Å². The van der Waals surface area contributed by atoms with Crippen LogP contribution in [0.25, 0.3) is 11.3 Å². The molecule has 0 bridgehead atoms. The highest BCUT2D eigenvalue weighted by molar-refractivity contribution is 5.94. The Hall–Kier alpha value is -3.19. The molecule has 2 N–H and O–H groups in total. The van der Waals surface area contributed by atoms with Crippen LogP contribution in [0, 0.1) is 5.82 Å². The van der Waals surface area contributed by atoms with Crippen LogP contribution in [0.4, 0.5) is 4.39 Å². The van der Waals surface area contributed by atoms with Crippen molar-refractivity contribution >= 4 is 5.91 Å². The molecule has 0 fully saturated rings. The van der Waals surface area contributed by atoms with Crippen LogP contribution in [0.3, 0.4) is 0 Å². The molecule has 0 aliphatic carbocycles. The number of carbonyl (C=O) groups excluding carboxylic acids is 1. The molecule has 0 saturated heterocycles. The van der Waals surface area contributed by atoms with Crippen LogP contribution in [0.2, 0.25) is 0 Å². The van der Waals surface area contributed by atoms with Crippen molar-refractivity contribution in [2.24, 2.45) is 0 Å². The summed E-state index contributed by atoms with van der Waals surface area (Å²) in [4.78, 5) is 12.3. The Labute approximate surface area is 168 Å². The van der Waals surface area contributed by atoms with Crippen LogP contribution in [-0.2, 0) is 6.54 Å². The van der Waals surface area contributed by atoms with Crippen LogP contribution in [-0.4, -0.2) is 28.8 Å². The van der Waals surface area contributed by atoms with Gasteiger partial charge in [-0.2, -0.15) is 5.10 Å². The van der Waals surface area contributed by atoms with Crippen molar-refractivity contribution in [1.29, 1.82) is 0 Å². The lowest BCUT2D eigenvalue weighted by molar-refractivity contribution is 0.0900. The Morgan fingerprint density at radius 3 is 2.69 bits per heavy atom. The van der Waals surface area contributed by atoms with Gasteiger partial charge in [0.2, 0.25) is 0 Å². The molecule has 6 nitrogen and oxygen atoms in total. The van der Waals surface area contributed by atoms with E-state index in [1.807, 2.05) is 24.3 Å². The second kappa shape index (κ2) is 8.45. The molecule has 1 aliphatic heterocycles. The van der Waals surface area contributed by atoms with E-state index in [0.717, 1.165) is 23.3 Å². The Balaban J connectivity index is 1.48. The van der Waals surface area contributed by atoms with E-state index in [9.17, 15) is 9.18 Å². The van der Waals surface area contributed by atoms with E-state index in [0.29, 0.717) is 31.1 Å². The molecule has 1 amide bonds. The maximum Gasteiger partial charge on any atom is 0.269 e. The molecule has 2 heterocycles. The summed E-state index contributed by atoms with van der Waals surface area (Å²) < 4.78 is 20.5. The van der Waals surface area contributed by atoms with E-state index in [1.165, 1.54) is 12.1 Å². The first-order valence-electron chi connectivity index (χ1n) is 9.73. The van der Waals surface area contributed by atoms with E-state index in [2.05, 4.69) is 22.7 Å². The summed E-state index contributed by atoms with van der Waals surface area (Å²) in [5, 5.41) is 10.9. The molecule has 29 heavy (non-hydrogen) atoms. The fraction of sp³-hybridized carbons (Fsp3) is 0.273. The predicted octanol–water partition coefficient (Wildman–Crippen LogP) is 3.51. The third kappa shape index (κ3) is 4.30. The van der Waals surface area contributed by atoms with Gasteiger partial charge < -0.3 is 10.1 Å². The monoisotopic (exact) mass is 394 g/mol. The number of aromatic nitrogens is 2. The molecule has 150 valence electrons. The zero-order valence-electron chi connectivity index (χ0n) is 16.2. The Kier molecular flexibility index (Phi) is 5.57. The van der Waals surface area contributed by atoms with E-state index >= 15 is 0 Å². The second-order valence-corrected chi connectivity index (χ2v) is 6.97. The van der Waals surface area contributed by atoms with Gasteiger partial charge in [-0.25, -0.2) is 9.07 Å². The molecule has 1 aromatic heterocycles. The number of carbonyl (C=O) groups is 1. The van der Waals surface area contributed by atoms with Crippen LogP contribution in [0.1, 0.15) is 35.6 Å². The van der Waals surface area contributed by atoms with Crippen molar-refractivity contribution in [3.05, 3.63) is 71.7 Å². The third-order valence-electron chi connectivity index (χ3n) is 4.80. The van der Waals surface area contributed by atoms with Gasteiger partial charge in [0.15, 0.2) is 0 Å². The fourth-order valence-electron chi connectivity index (χ4n) is 3.25. The number of amides is 1. The number of halogens is 1. The number of ether oxygens (including phenoxy) is 1. The van der Waals surface area contributed by atoms with Crippen LogP contribution >= 0.6 is 0 Å². The normalized spacial score (nSPS) is 15.7. The molecule has 0 spiro atoms. The average molecular weight is 394 g/mol. The maximum atomic E-state index is 13.2. The van der Waals surface area contributed by atoms with E-state index in [4.69, 9.17) is 4.74 Å². The summed E-state index contributed by atoms with van der Waals surface area (Å²) in [6, 6.07) is 15.8. The van der Waals surface area contributed by atoms with Gasteiger partial charge >= 0.3 is 0 Å². The van der Waals surface area contributed by atoms with Gasteiger partial charge in [0, 0.05) is 12.1 Å². The predicted molar refractivity (Wildman–Crippen MR) is 108 cm³/mol. The smallest absolute Gasteiger partial charge is 0.269 e. The number of hydrogen-bond donors (Lipinski definition) is 2.